The molecule has 4 heterocycles. The Labute approximate surface area is 192 Å². The molecule has 5 rings (SSSR count). The number of benzene rings is 1. The van der Waals surface area contributed by atoms with Gasteiger partial charge in [0.1, 0.15) is 16.9 Å². The number of hydrogen-bond donors (Lipinski definition) is 0. The summed E-state index contributed by atoms with van der Waals surface area (Å²) in [7, 11) is 1.61. The number of methoxy groups -OCH3 is 1. The molecular formula is C25H28N4O4. The highest BCUT2D eigenvalue weighted by molar-refractivity contribution is 6.07. The zero-order chi connectivity index (χ0) is 22.8. The molecule has 3 aromatic rings. The van der Waals surface area contributed by atoms with Crippen LogP contribution in [0.1, 0.15) is 24.2 Å². The van der Waals surface area contributed by atoms with E-state index in [2.05, 4.69) is 16.0 Å². The van der Waals surface area contributed by atoms with Crippen LogP contribution in [-0.2, 0) is 22.6 Å². The largest absolute Gasteiger partial charge is 0.460 e. The van der Waals surface area contributed by atoms with Gasteiger partial charge in [0.25, 0.3) is 5.91 Å². The number of para-hydroxylation sites is 1. The maximum atomic E-state index is 13.6. The Morgan fingerprint density at radius 3 is 2.64 bits per heavy atom. The van der Waals surface area contributed by atoms with Crippen LogP contribution in [0.4, 0.5) is 4.79 Å². The number of carbonyl (C=O) groups excluding carboxylic acids is 2. The lowest BCUT2D eigenvalue weighted by Crippen LogP contribution is -2.57. The lowest BCUT2D eigenvalue weighted by atomic mass is 9.85. The van der Waals surface area contributed by atoms with Crippen molar-refractivity contribution < 1.29 is 18.7 Å². The van der Waals surface area contributed by atoms with Gasteiger partial charge in [-0.15, -0.1) is 0 Å². The first-order valence-corrected chi connectivity index (χ1v) is 11.3. The van der Waals surface area contributed by atoms with Crippen LogP contribution in [0, 0.1) is 0 Å². The molecule has 2 fully saturated rings. The van der Waals surface area contributed by atoms with Crippen molar-refractivity contribution in [2.24, 2.45) is 0 Å². The smallest absolute Gasteiger partial charge is 0.328 e. The number of urea groups is 1. The van der Waals surface area contributed by atoms with E-state index in [-0.39, 0.29) is 18.5 Å². The Balaban J connectivity index is 1.32. The minimum Gasteiger partial charge on any atom is -0.460 e. The molecule has 1 spiro atoms. The summed E-state index contributed by atoms with van der Waals surface area (Å²) in [5, 5.41) is 1.09. The molecule has 172 valence electrons. The third-order valence-electron chi connectivity index (χ3n) is 6.74. The second-order valence-corrected chi connectivity index (χ2v) is 8.74. The van der Waals surface area contributed by atoms with Crippen molar-refractivity contribution in [1.82, 2.24) is 19.7 Å². The van der Waals surface area contributed by atoms with Gasteiger partial charge in [0.2, 0.25) is 0 Å². The van der Waals surface area contributed by atoms with Crippen LogP contribution in [-0.4, -0.2) is 70.5 Å². The summed E-state index contributed by atoms with van der Waals surface area (Å²) in [4.78, 5) is 36.4. The maximum Gasteiger partial charge on any atom is 0.328 e. The third kappa shape index (κ3) is 4.00. The van der Waals surface area contributed by atoms with Gasteiger partial charge in [-0.3, -0.25) is 19.6 Å². The van der Waals surface area contributed by atoms with Crippen molar-refractivity contribution >= 4 is 22.9 Å². The van der Waals surface area contributed by atoms with E-state index in [0.29, 0.717) is 45.6 Å². The Morgan fingerprint density at radius 1 is 1.09 bits per heavy atom. The fraction of sp³-hybridized carbons (Fsp3) is 0.400. The summed E-state index contributed by atoms with van der Waals surface area (Å²) >= 11 is 0. The molecule has 2 aliphatic rings. The highest BCUT2D eigenvalue weighted by atomic mass is 16.5. The average molecular weight is 449 g/mol. The van der Waals surface area contributed by atoms with Gasteiger partial charge in [0.15, 0.2) is 0 Å². The van der Waals surface area contributed by atoms with Gasteiger partial charge in [0, 0.05) is 44.5 Å². The van der Waals surface area contributed by atoms with E-state index >= 15 is 0 Å². The van der Waals surface area contributed by atoms with Crippen molar-refractivity contribution in [3.63, 3.8) is 0 Å². The van der Waals surface area contributed by atoms with Crippen LogP contribution in [0.5, 0.6) is 0 Å². The molecule has 33 heavy (non-hydrogen) atoms. The number of likely N-dealkylation sites (tertiary alicyclic amines) is 1. The van der Waals surface area contributed by atoms with Crippen LogP contribution in [0.25, 0.3) is 11.0 Å². The molecule has 0 saturated carbocycles. The van der Waals surface area contributed by atoms with Gasteiger partial charge in [-0.2, -0.15) is 0 Å². The monoisotopic (exact) mass is 448 g/mol. The molecule has 0 radical (unpaired) electrons. The van der Waals surface area contributed by atoms with E-state index in [9.17, 15) is 9.59 Å². The number of hydrogen-bond acceptors (Lipinski definition) is 6. The minimum absolute atomic E-state index is 0.115. The number of aromatic nitrogens is 1. The number of piperidine rings is 1. The molecule has 0 unspecified atom stereocenters. The predicted octanol–water partition coefficient (Wildman–Crippen LogP) is 3.27. The normalized spacial score (nSPS) is 18.7. The summed E-state index contributed by atoms with van der Waals surface area (Å²) in [6.07, 6.45) is 4.55. The number of imide groups is 1. The lowest BCUT2D eigenvalue weighted by molar-refractivity contribution is -0.136. The zero-order valence-electron chi connectivity index (χ0n) is 18.8. The van der Waals surface area contributed by atoms with E-state index in [1.807, 2.05) is 36.4 Å². The molecule has 0 aliphatic carbocycles. The fourth-order valence-corrected chi connectivity index (χ4v) is 4.99. The second kappa shape index (κ2) is 8.96. The van der Waals surface area contributed by atoms with Crippen LogP contribution >= 0.6 is 0 Å². The molecule has 2 saturated heterocycles. The summed E-state index contributed by atoms with van der Waals surface area (Å²) in [5.41, 5.74) is 0.905. The van der Waals surface area contributed by atoms with Gasteiger partial charge in [-0.1, -0.05) is 24.3 Å². The number of furan rings is 1. The lowest BCUT2D eigenvalue weighted by Gasteiger charge is -2.42. The van der Waals surface area contributed by atoms with E-state index in [1.165, 1.54) is 4.90 Å². The SMILES string of the molecule is COCCN1C(=O)N(Cc2cccnc2)C(=O)C12CCN(Cc1cc3ccccc3o1)CC2. The Hall–Kier alpha value is -3.23. The number of ether oxygens (including phenoxy) is 1. The van der Waals surface area contributed by atoms with Gasteiger partial charge < -0.3 is 14.1 Å². The van der Waals surface area contributed by atoms with Crippen LogP contribution < -0.4 is 0 Å². The molecule has 3 amide bonds. The first-order chi connectivity index (χ1) is 16.1. The number of pyridine rings is 1. The standard InChI is InChI=1S/C25H28N4O4/c1-32-14-13-29-24(31)28(17-19-5-4-10-26-16-19)23(30)25(29)8-11-27(12-9-25)18-21-15-20-6-2-3-7-22(20)33-21/h2-7,10,15-16H,8-9,11-14,17-18H2,1H3. The van der Waals surface area contributed by atoms with Crippen molar-refractivity contribution in [1.29, 1.82) is 0 Å². The molecule has 0 atom stereocenters. The summed E-state index contributed by atoms with van der Waals surface area (Å²) in [6, 6.07) is 13.5. The van der Waals surface area contributed by atoms with Crippen molar-refractivity contribution in [3.8, 4) is 0 Å². The highest BCUT2D eigenvalue weighted by Gasteiger charge is 2.57. The summed E-state index contributed by atoms with van der Waals surface area (Å²) < 4.78 is 11.2. The van der Waals surface area contributed by atoms with Gasteiger partial charge in [-0.05, 0) is 36.6 Å². The molecular weight excluding hydrogens is 420 g/mol. The first-order valence-electron chi connectivity index (χ1n) is 11.3. The topological polar surface area (TPSA) is 79.1 Å². The second-order valence-electron chi connectivity index (χ2n) is 8.74. The number of rotatable bonds is 7. The number of nitrogens with zero attached hydrogens (tertiary/aromatic N) is 4. The van der Waals surface area contributed by atoms with Gasteiger partial charge >= 0.3 is 6.03 Å². The Morgan fingerprint density at radius 2 is 1.91 bits per heavy atom. The van der Waals surface area contributed by atoms with E-state index in [4.69, 9.17) is 9.15 Å². The molecule has 0 bridgehead atoms. The van der Waals surface area contributed by atoms with Crippen molar-refractivity contribution in [2.45, 2.75) is 31.5 Å². The van der Waals surface area contributed by atoms with Crippen molar-refractivity contribution in [3.05, 3.63) is 66.2 Å². The molecule has 2 aliphatic heterocycles. The average Bonchev–Trinajstić information content (AvgIpc) is 3.33. The first kappa shape index (κ1) is 21.6. The minimum atomic E-state index is -0.817. The molecule has 0 N–H and O–H groups in total. The van der Waals surface area contributed by atoms with Crippen LogP contribution in [0.3, 0.4) is 0 Å². The third-order valence-corrected chi connectivity index (χ3v) is 6.74. The van der Waals surface area contributed by atoms with Crippen molar-refractivity contribution in [2.75, 3.05) is 33.4 Å². The number of carbonyl (C=O) groups is 2. The maximum absolute atomic E-state index is 13.6. The molecule has 8 nitrogen and oxygen atoms in total. The zero-order valence-corrected chi connectivity index (χ0v) is 18.8. The number of amides is 3. The van der Waals surface area contributed by atoms with Crippen LogP contribution in [0.15, 0.2) is 59.3 Å². The fourth-order valence-electron chi connectivity index (χ4n) is 4.99. The summed E-state index contributed by atoms with van der Waals surface area (Å²) in [5.74, 6) is 0.797. The van der Waals surface area contributed by atoms with E-state index in [1.54, 1.807) is 24.4 Å². The molecule has 1 aromatic carbocycles. The van der Waals surface area contributed by atoms with Gasteiger partial charge in [-0.25, -0.2) is 4.79 Å². The van der Waals surface area contributed by atoms with Gasteiger partial charge in [0.05, 0.1) is 19.7 Å². The number of fused-ring (bicyclic) bond motifs is 1. The quantitative estimate of drug-likeness (QED) is 0.516. The predicted molar refractivity (Wildman–Crippen MR) is 122 cm³/mol. The van der Waals surface area contributed by atoms with E-state index in [0.717, 1.165) is 22.3 Å². The Bertz CT molecular complexity index is 1100. The highest BCUT2D eigenvalue weighted by Crippen LogP contribution is 2.38. The van der Waals surface area contributed by atoms with Crippen LogP contribution in [0.2, 0.25) is 0 Å². The summed E-state index contributed by atoms with van der Waals surface area (Å²) in [6.45, 7) is 3.13. The Kier molecular flexibility index (Phi) is 5.86. The molecule has 2 aromatic heterocycles. The molecule has 8 heteroatoms. The van der Waals surface area contributed by atoms with E-state index < -0.39 is 5.54 Å².